The monoisotopic (exact) mass is 357 g/mol. The van der Waals surface area contributed by atoms with Crippen molar-refractivity contribution in [3.05, 3.63) is 45.1 Å². The lowest BCUT2D eigenvalue weighted by atomic mass is 10.0. The predicted molar refractivity (Wildman–Crippen MR) is 84.3 cm³/mol. The highest BCUT2D eigenvalue weighted by Gasteiger charge is 2.23. The minimum Gasteiger partial charge on any atom is -0.493 e. The molecule has 0 radical (unpaired) electrons. The number of ether oxygens (including phenoxy) is 1. The first-order chi connectivity index (χ1) is 9.45. The first kappa shape index (κ1) is 15.4. The van der Waals surface area contributed by atoms with Crippen molar-refractivity contribution in [1.29, 1.82) is 0 Å². The summed E-state index contributed by atoms with van der Waals surface area (Å²) in [5.74, 6) is 0.671. The van der Waals surface area contributed by atoms with Crippen LogP contribution in [-0.4, -0.2) is 16.9 Å². The second-order valence-electron chi connectivity index (χ2n) is 4.78. The third-order valence-electron chi connectivity index (χ3n) is 3.10. The Balaban J connectivity index is 2.52. The number of nitrogens with zero attached hydrogens (tertiary/aromatic N) is 2. The summed E-state index contributed by atoms with van der Waals surface area (Å²) in [7, 11) is 1.61. The number of hydrogen-bond acceptors (Lipinski definition) is 3. The smallest absolute Gasteiger partial charge is 0.161 e. The summed E-state index contributed by atoms with van der Waals surface area (Å²) in [4.78, 5) is 0. The molecule has 0 bridgehead atoms. The Kier molecular flexibility index (Phi) is 4.73. The van der Waals surface area contributed by atoms with E-state index in [1.165, 1.54) is 0 Å². The SMILES string of the molecule is COc1cnn(C(C)C)c1C(N)c1ccc(Br)cc1Cl. The van der Waals surface area contributed by atoms with Gasteiger partial charge in [0, 0.05) is 15.5 Å². The first-order valence-electron chi connectivity index (χ1n) is 6.27. The third-order valence-corrected chi connectivity index (χ3v) is 3.92. The van der Waals surface area contributed by atoms with Crippen LogP contribution >= 0.6 is 27.5 Å². The summed E-state index contributed by atoms with van der Waals surface area (Å²) in [5, 5.41) is 4.96. The lowest BCUT2D eigenvalue weighted by Crippen LogP contribution is -2.19. The molecular formula is C14H17BrClN3O. The molecule has 2 N–H and O–H groups in total. The van der Waals surface area contributed by atoms with E-state index < -0.39 is 6.04 Å². The predicted octanol–water partition coefficient (Wildman–Crippen LogP) is 3.94. The van der Waals surface area contributed by atoms with Crippen LogP contribution in [-0.2, 0) is 0 Å². The molecule has 20 heavy (non-hydrogen) atoms. The zero-order valence-electron chi connectivity index (χ0n) is 11.6. The van der Waals surface area contributed by atoms with Gasteiger partial charge in [0.15, 0.2) is 5.75 Å². The Morgan fingerprint density at radius 2 is 2.10 bits per heavy atom. The van der Waals surface area contributed by atoms with Crippen molar-refractivity contribution in [2.24, 2.45) is 5.73 Å². The average Bonchev–Trinajstić information content (AvgIpc) is 2.81. The molecule has 1 atom stereocenters. The van der Waals surface area contributed by atoms with Gasteiger partial charge in [-0.1, -0.05) is 33.6 Å². The van der Waals surface area contributed by atoms with E-state index in [1.54, 1.807) is 13.3 Å². The standard InChI is InChI=1S/C14H17BrClN3O/c1-8(2)19-14(12(20-3)7-18-19)13(17)10-5-4-9(15)6-11(10)16/h4-8,13H,17H2,1-3H3. The molecule has 0 fully saturated rings. The van der Waals surface area contributed by atoms with E-state index in [1.807, 2.05) is 36.7 Å². The van der Waals surface area contributed by atoms with Gasteiger partial charge in [-0.2, -0.15) is 5.10 Å². The molecule has 1 heterocycles. The Morgan fingerprint density at radius 3 is 2.65 bits per heavy atom. The molecular weight excluding hydrogens is 342 g/mol. The summed E-state index contributed by atoms with van der Waals surface area (Å²) in [6.45, 7) is 4.09. The molecule has 0 aliphatic rings. The normalized spacial score (nSPS) is 12.8. The van der Waals surface area contributed by atoms with Crippen molar-refractivity contribution in [3.8, 4) is 5.75 Å². The van der Waals surface area contributed by atoms with Crippen LogP contribution in [0.2, 0.25) is 5.02 Å². The molecule has 108 valence electrons. The molecule has 0 aliphatic heterocycles. The van der Waals surface area contributed by atoms with E-state index >= 15 is 0 Å². The van der Waals surface area contributed by atoms with Gasteiger partial charge < -0.3 is 10.5 Å². The summed E-state index contributed by atoms with van der Waals surface area (Å²) in [6, 6.07) is 5.46. The van der Waals surface area contributed by atoms with Gasteiger partial charge in [0.25, 0.3) is 0 Å². The highest BCUT2D eigenvalue weighted by atomic mass is 79.9. The lowest BCUT2D eigenvalue weighted by molar-refractivity contribution is 0.401. The van der Waals surface area contributed by atoms with Crippen LogP contribution in [0.25, 0.3) is 0 Å². The van der Waals surface area contributed by atoms with Gasteiger partial charge in [-0.3, -0.25) is 4.68 Å². The number of rotatable bonds is 4. The number of benzene rings is 1. The fourth-order valence-corrected chi connectivity index (χ4v) is 2.91. The van der Waals surface area contributed by atoms with Crippen LogP contribution in [0.3, 0.4) is 0 Å². The van der Waals surface area contributed by atoms with Crippen molar-refractivity contribution >= 4 is 27.5 Å². The van der Waals surface area contributed by atoms with Gasteiger partial charge in [0.1, 0.15) is 5.69 Å². The molecule has 6 heteroatoms. The van der Waals surface area contributed by atoms with E-state index in [-0.39, 0.29) is 6.04 Å². The molecule has 0 spiro atoms. The van der Waals surface area contributed by atoms with Gasteiger partial charge in [-0.05, 0) is 31.5 Å². The van der Waals surface area contributed by atoms with Crippen LogP contribution < -0.4 is 10.5 Å². The highest BCUT2D eigenvalue weighted by Crippen LogP contribution is 2.34. The van der Waals surface area contributed by atoms with Crippen LogP contribution in [0.5, 0.6) is 5.75 Å². The Labute approximate surface area is 132 Å². The number of methoxy groups -OCH3 is 1. The molecule has 1 aromatic heterocycles. The topological polar surface area (TPSA) is 53.1 Å². The Hall–Kier alpha value is -1.04. The molecule has 0 aliphatic carbocycles. The third kappa shape index (κ3) is 2.85. The molecule has 2 rings (SSSR count). The minimum absolute atomic E-state index is 0.189. The molecule has 4 nitrogen and oxygen atoms in total. The number of nitrogens with two attached hydrogens (primary N) is 1. The number of hydrogen-bond donors (Lipinski definition) is 1. The Morgan fingerprint density at radius 1 is 1.40 bits per heavy atom. The van der Waals surface area contributed by atoms with Gasteiger partial charge in [-0.15, -0.1) is 0 Å². The zero-order valence-corrected chi connectivity index (χ0v) is 13.9. The molecule has 0 saturated heterocycles. The first-order valence-corrected chi connectivity index (χ1v) is 7.44. The van der Waals surface area contributed by atoms with E-state index in [9.17, 15) is 0 Å². The summed E-state index contributed by atoms with van der Waals surface area (Å²) in [5.41, 5.74) is 8.05. The van der Waals surface area contributed by atoms with Crippen LogP contribution in [0.15, 0.2) is 28.9 Å². The largest absolute Gasteiger partial charge is 0.493 e. The van der Waals surface area contributed by atoms with Gasteiger partial charge in [0.2, 0.25) is 0 Å². The highest BCUT2D eigenvalue weighted by molar-refractivity contribution is 9.10. The molecule has 1 aromatic carbocycles. The second-order valence-corrected chi connectivity index (χ2v) is 6.10. The number of aromatic nitrogens is 2. The fourth-order valence-electron chi connectivity index (χ4n) is 2.12. The van der Waals surface area contributed by atoms with E-state index in [4.69, 9.17) is 22.1 Å². The minimum atomic E-state index is -0.393. The van der Waals surface area contributed by atoms with Crippen molar-refractivity contribution in [2.75, 3.05) is 7.11 Å². The lowest BCUT2D eigenvalue weighted by Gasteiger charge is -2.19. The van der Waals surface area contributed by atoms with Gasteiger partial charge in [-0.25, -0.2) is 0 Å². The zero-order chi connectivity index (χ0) is 14.9. The van der Waals surface area contributed by atoms with Crippen molar-refractivity contribution < 1.29 is 4.74 Å². The van der Waals surface area contributed by atoms with Crippen molar-refractivity contribution in [2.45, 2.75) is 25.9 Å². The van der Waals surface area contributed by atoms with Crippen molar-refractivity contribution in [3.63, 3.8) is 0 Å². The molecule has 0 saturated carbocycles. The molecule has 2 aromatic rings. The van der Waals surface area contributed by atoms with E-state index in [0.717, 1.165) is 15.7 Å². The van der Waals surface area contributed by atoms with Gasteiger partial charge in [0.05, 0.1) is 19.3 Å². The van der Waals surface area contributed by atoms with Crippen molar-refractivity contribution in [1.82, 2.24) is 9.78 Å². The van der Waals surface area contributed by atoms with Gasteiger partial charge >= 0.3 is 0 Å². The Bertz CT molecular complexity index is 612. The summed E-state index contributed by atoms with van der Waals surface area (Å²) < 4.78 is 8.15. The molecule has 0 amide bonds. The quantitative estimate of drug-likeness (QED) is 0.900. The second kappa shape index (κ2) is 6.16. The average molecular weight is 359 g/mol. The summed E-state index contributed by atoms with van der Waals surface area (Å²) in [6.07, 6.45) is 1.68. The molecule has 1 unspecified atom stereocenters. The van der Waals surface area contributed by atoms with Crippen LogP contribution in [0.1, 0.15) is 37.2 Å². The van der Waals surface area contributed by atoms with E-state index in [2.05, 4.69) is 21.0 Å². The maximum atomic E-state index is 6.39. The maximum absolute atomic E-state index is 6.39. The maximum Gasteiger partial charge on any atom is 0.161 e. The fraction of sp³-hybridized carbons (Fsp3) is 0.357. The van der Waals surface area contributed by atoms with Crippen LogP contribution in [0.4, 0.5) is 0 Å². The number of halogens is 2. The summed E-state index contributed by atoms with van der Waals surface area (Å²) >= 11 is 9.68. The van der Waals surface area contributed by atoms with Crippen LogP contribution in [0, 0.1) is 0 Å². The van der Waals surface area contributed by atoms with E-state index in [0.29, 0.717) is 10.8 Å².